The van der Waals surface area contributed by atoms with E-state index in [1.165, 1.54) is 33.7 Å². The number of aromatic carboxylic acids is 1. The minimum atomic E-state index is -3.87. The number of carbonyl (C=O) groups excluding carboxylic acids is 4. The fourth-order valence-corrected chi connectivity index (χ4v) is 11.9. The summed E-state index contributed by atoms with van der Waals surface area (Å²) >= 11 is 2.78. The summed E-state index contributed by atoms with van der Waals surface area (Å²) in [6.45, 7) is 8.32. The number of β-amino-alcohol motifs (C(OH)–C–C–N with tert-alkyl or cyclic N) is 1. The topological polar surface area (TPSA) is 269 Å². The van der Waals surface area contributed by atoms with Gasteiger partial charge in [-0.1, -0.05) is 94.0 Å². The van der Waals surface area contributed by atoms with E-state index in [0.29, 0.717) is 55.4 Å². The number of carboxylic acid groups (broad SMARTS) is 1. The quantitative estimate of drug-likeness (QED) is 0.0234. The first-order chi connectivity index (χ1) is 38.7. The maximum absolute atomic E-state index is 14.1. The number of aromatic nitrogens is 4. The number of likely N-dealkylation sites (tertiary alicyclic amines) is 1. The van der Waals surface area contributed by atoms with E-state index >= 15 is 0 Å². The summed E-state index contributed by atoms with van der Waals surface area (Å²) in [4.78, 5) is 76.5. The number of primary sulfonamides is 1. The second-order valence-corrected chi connectivity index (χ2v) is 25.3. The molecule has 0 radical (unpaired) electrons. The number of sulfonamides is 1. The molecule has 428 valence electrons. The summed E-state index contributed by atoms with van der Waals surface area (Å²) in [5, 5.41) is 41.5. The van der Waals surface area contributed by atoms with Crippen molar-refractivity contribution in [1.29, 1.82) is 0 Å². The van der Waals surface area contributed by atoms with Crippen molar-refractivity contribution in [2.24, 2.45) is 16.5 Å². The van der Waals surface area contributed by atoms with Gasteiger partial charge in [0, 0.05) is 73.8 Å². The second kappa shape index (κ2) is 27.1. The zero-order chi connectivity index (χ0) is 57.8. The minimum absolute atomic E-state index is 0.00543. The van der Waals surface area contributed by atoms with Crippen LogP contribution < -0.4 is 21.1 Å². The molecule has 3 aromatic carbocycles. The second-order valence-electron chi connectivity index (χ2n) is 22.1. The van der Waals surface area contributed by atoms with Crippen LogP contribution in [0.15, 0.2) is 88.6 Å². The lowest BCUT2D eigenvalue weighted by Crippen LogP contribution is -2.57. The molecule has 4 heterocycles. The number of unbranched alkanes of at least 4 members (excludes halogenated alkanes) is 5. The molecule has 3 atom stereocenters. The number of carbonyl (C=O) groups is 5. The number of amides is 4. The number of benzene rings is 3. The highest BCUT2D eigenvalue weighted by molar-refractivity contribution is 7.89. The number of nitrogens with two attached hydrogens (primary N) is 1. The van der Waals surface area contributed by atoms with E-state index < -0.39 is 45.5 Å². The van der Waals surface area contributed by atoms with Gasteiger partial charge in [-0.15, -0.1) is 22.7 Å². The highest BCUT2D eigenvalue weighted by atomic mass is 32.2. The van der Waals surface area contributed by atoms with Crippen LogP contribution in [0, 0.1) is 30.1 Å². The van der Waals surface area contributed by atoms with E-state index in [1.807, 2.05) is 81.7 Å². The predicted octanol–water partition coefficient (Wildman–Crippen LogP) is 8.10. The summed E-state index contributed by atoms with van der Waals surface area (Å²) in [5.74, 6) is 4.81. The van der Waals surface area contributed by atoms with Gasteiger partial charge in [-0.3, -0.25) is 19.2 Å². The number of aryl methyl sites for hydroxylation is 1. The van der Waals surface area contributed by atoms with E-state index in [2.05, 4.69) is 37.8 Å². The molecular weight excluding hydrogens is 1090 g/mol. The molecule has 1 aliphatic heterocycles. The Labute approximate surface area is 481 Å². The molecule has 3 aromatic heterocycles. The average Bonchev–Trinajstić information content (AvgIpc) is 3.73. The molecule has 0 spiro atoms. The number of aliphatic hydroxyl groups excluding tert-OH is 1. The van der Waals surface area contributed by atoms with Crippen molar-refractivity contribution in [3.8, 4) is 38.7 Å². The molecular formula is C60H71N9O9S3. The Kier molecular flexibility index (Phi) is 20.1. The third kappa shape index (κ3) is 16.5. The monoisotopic (exact) mass is 1160 g/mol. The van der Waals surface area contributed by atoms with Crippen LogP contribution in [-0.2, 0) is 48.6 Å². The number of aliphatic hydroxyl groups is 1. The van der Waals surface area contributed by atoms with E-state index in [1.54, 1.807) is 28.2 Å². The SMILES string of the molecule is Cc1ncsc1-c1ccc(CNC(=O)[C@@H]2C[C@@H](O)CN2C(=O)[C@@H](NC(=O)CCCCCCC(=O)NCCCCC#Cc2cccc(-c3nn(-c4nc(C(=O)O)cs4)c(CC4CC4)c3Cc3ccc(S(N)(=O)=O)cc3)c2)C(C)(C)C)cc1. The summed E-state index contributed by atoms with van der Waals surface area (Å²) in [5.41, 5.74) is 9.01. The van der Waals surface area contributed by atoms with Crippen molar-refractivity contribution in [2.75, 3.05) is 13.1 Å². The van der Waals surface area contributed by atoms with Gasteiger partial charge >= 0.3 is 5.97 Å². The van der Waals surface area contributed by atoms with Crippen LogP contribution in [0.4, 0.5) is 0 Å². The van der Waals surface area contributed by atoms with Crippen molar-refractivity contribution in [2.45, 2.75) is 147 Å². The average molecular weight is 1160 g/mol. The molecule has 21 heteroatoms. The Bertz CT molecular complexity index is 3390. The van der Waals surface area contributed by atoms with Crippen LogP contribution in [0.25, 0.3) is 26.8 Å². The number of carboxylic acids is 1. The Morgan fingerprint density at radius 3 is 2.25 bits per heavy atom. The molecule has 2 fully saturated rings. The van der Waals surface area contributed by atoms with Gasteiger partial charge in [0.25, 0.3) is 0 Å². The number of rotatable bonds is 25. The normalized spacial score (nSPS) is 15.7. The van der Waals surface area contributed by atoms with Gasteiger partial charge in [0.1, 0.15) is 12.1 Å². The molecule has 8 rings (SSSR count). The first kappa shape index (κ1) is 60.0. The van der Waals surface area contributed by atoms with Crippen LogP contribution >= 0.6 is 22.7 Å². The predicted molar refractivity (Wildman–Crippen MR) is 312 cm³/mol. The smallest absolute Gasteiger partial charge is 0.355 e. The van der Waals surface area contributed by atoms with Crippen LogP contribution in [0.3, 0.4) is 0 Å². The van der Waals surface area contributed by atoms with Gasteiger partial charge < -0.3 is 31.1 Å². The van der Waals surface area contributed by atoms with Crippen LogP contribution in [-0.4, -0.2) is 104 Å². The van der Waals surface area contributed by atoms with Crippen molar-refractivity contribution in [1.82, 2.24) is 40.6 Å². The lowest BCUT2D eigenvalue weighted by atomic mass is 9.85. The van der Waals surface area contributed by atoms with Crippen LogP contribution in [0.1, 0.15) is 142 Å². The Hall–Kier alpha value is -7.09. The molecule has 2 aliphatic rings. The third-order valence-corrected chi connectivity index (χ3v) is 17.2. The molecule has 1 saturated heterocycles. The number of thiazole rings is 2. The Morgan fingerprint density at radius 1 is 0.877 bits per heavy atom. The van der Waals surface area contributed by atoms with Crippen LogP contribution in [0.5, 0.6) is 0 Å². The Morgan fingerprint density at radius 2 is 1.59 bits per heavy atom. The number of nitrogens with one attached hydrogen (secondary N) is 3. The van der Waals surface area contributed by atoms with Crippen LogP contribution in [0.2, 0.25) is 0 Å². The standard InChI is InChI=1S/C60H71N9O9S3/c1-38-54(80-37-64-38)43-25-21-42(22-26-43)34-63-56(73)50-33-45(70)35-68(50)57(74)55(60(2,3)4)66-52(72)18-11-6-5-10-17-51(71)62-29-12-8-7-9-14-39-15-13-16-44(30-39)53-47(31-40-23-27-46(28-24-40)81(61,77)78)49(32-41-19-20-41)69(67-53)59-65-48(36-79-59)58(75)76/h13,15-16,21-28,30,36-37,41,45,50,55,70H,5-8,10-12,17-20,29,31-35H2,1-4H3,(H,62,71)(H,63,73)(H,66,72)(H,75,76)(H2,61,77,78)/t45-,50+,55-/m1/s1. The molecule has 0 bridgehead atoms. The Balaban J connectivity index is 0.754. The molecule has 4 amide bonds. The zero-order valence-electron chi connectivity index (χ0n) is 46.2. The molecule has 18 nitrogen and oxygen atoms in total. The molecule has 81 heavy (non-hydrogen) atoms. The molecule has 1 aliphatic carbocycles. The first-order valence-electron chi connectivity index (χ1n) is 27.5. The third-order valence-electron chi connectivity index (χ3n) is 14.5. The van der Waals surface area contributed by atoms with Crippen molar-refractivity contribution in [3.05, 3.63) is 123 Å². The van der Waals surface area contributed by atoms with Gasteiger partial charge in [0.05, 0.1) is 38.5 Å². The van der Waals surface area contributed by atoms with Gasteiger partial charge in [-0.25, -0.2) is 33.0 Å². The minimum Gasteiger partial charge on any atom is -0.476 e. The number of hydrogen-bond acceptors (Lipinski definition) is 13. The first-order valence-corrected chi connectivity index (χ1v) is 30.8. The summed E-state index contributed by atoms with van der Waals surface area (Å²) in [6, 6.07) is 20.3. The fraction of sp³-hybridized carbons (Fsp3) is 0.433. The van der Waals surface area contributed by atoms with Crippen molar-refractivity contribution >= 4 is 62.3 Å². The zero-order valence-corrected chi connectivity index (χ0v) is 48.7. The number of nitrogens with zero attached hydrogens (tertiary/aromatic N) is 5. The summed E-state index contributed by atoms with van der Waals surface area (Å²) < 4.78 is 25.8. The molecule has 0 unspecified atom stereocenters. The molecule has 7 N–H and O–H groups in total. The van der Waals surface area contributed by atoms with E-state index in [0.717, 1.165) is 94.6 Å². The van der Waals surface area contributed by atoms with Gasteiger partial charge in [-0.05, 0) is 104 Å². The van der Waals surface area contributed by atoms with E-state index in [4.69, 9.17) is 10.2 Å². The highest BCUT2D eigenvalue weighted by Crippen LogP contribution is 2.39. The maximum atomic E-state index is 14.1. The fourth-order valence-electron chi connectivity index (χ4n) is 9.83. The lowest BCUT2D eigenvalue weighted by molar-refractivity contribution is -0.144. The van der Waals surface area contributed by atoms with Gasteiger partial charge in [0.2, 0.25) is 38.8 Å². The van der Waals surface area contributed by atoms with Gasteiger partial charge in [0.15, 0.2) is 5.69 Å². The summed E-state index contributed by atoms with van der Waals surface area (Å²) in [6.07, 6.45) is 8.04. The lowest BCUT2D eigenvalue weighted by Gasteiger charge is -2.35. The van der Waals surface area contributed by atoms with Crippen molar-refractivity contribution in [3.63, 3.8) is 0 Å². The van der Waals surface area contributed by atoms with E-state index in [9.17, 15) is 42.6 Å². The maximum Gasteiger partial charge on any atom is 0.355 e. The van der Waals surface area contributed by atoms with Crippen molar-refractivity contribution < 1.29 is 42.6 Å². The van der Waals surface area contributed by atoms with E-state index in [-0.39, 0.29) is 54.2 Å². The van der Waals surface area contributed by atoms with Gasteiger partial charge in [-0.2, -0.15) is 5.10 Å². The number of hydrogen-bond donors (Lipinski definition) is 6. The molecule has 6 aromatic rings. The molecule has 1 saturated carbocycles. The highest BCUT2D eigenvalue weighted by Gasteiger charge is 2.44. The summed E-state index contributed by atoms with van der Waals surface area (Å²) in [7, 11) is -3.87. The largest absolute Gasteiger partial charge is 0.476 e.